The van der Waals surface area contributed by atoms with Crippen LogP contribution >= 0.6 is 22.6 Å². The van der Waals surface area contributed by atoms with Crippen LogP contribution in [0.4, 0.5) is 0 Å². The molecule has 6 rings (SSSR count). The van der Waals surface area contributed by atoms with E-state index in [0.29, 0.717) is 25.4 Å². The van der Waals surface area contributed by atoms with Crippen LogP contribution < -0.4 is 9.47 Å². The number of hydrogen-bond donors (Lipinski definition) is 1. The van der Waals surface area contributed by atoms with Gasteiger partial charge in [0.05, 0.1) is 35.2 Å². The first-order valence-corrected chi connectivity index (χ1v) is 16.6. The molecule has 3 fully saturated rings. The number of benzene rings is 2. The van der Waals surface area contributed by atoms with Crippen LogP contribution in [0.15, 0.2) is 59.2 Å². The Labute approximate surface area is 267 Å². The van der Waals surface area contributed by atoms with Crippen molar-refractivity contribution in [1.29, 1.82) is 0 Å². The number of para-hydroxylation sites is 1. The smallest absolute Gasteiger partial charge is 0.234 e. The highest BCUT2D eigenvalue weighted by Gasteiger charge is 2.58. The molecule has 8 heteroatoms. The van der Waals surface area contributed by atoms with Crippen molar-refractivity contribution < 1.29 is 28.9 Å². The zero-order valence-corrected chi connectivity index (χ0v) is 27.0. The van der Waals surface area contributed by atoms with Gasteiger partial charge in [-0.25, -0.2) is 0 Å². The summed E-state index contributed by atoms with van der Waals surface area (Å²) in [4.78, 5) is 29.4. The van der Waals surface area contributed by atoms with Gasteiger partial charge in [-0.15, -0.1) is 0 Å². The molecule has 0 unspecified atom stereocenters. The van der Waals surface area contributed by atoms with Gasteiger partial charge in [0.1, 0.15) is 12.4 Å². The molecule has 0 spiro atoms. The number of rotatable bonds is 9. The standard InChI is InChI=1S/C35H40INO6/c1-21(15-22-16-28(36)33(38)30(17-22)41-2)13-14-29-31-23(19-42-25-11-7-4-8-12-25)18-26-32(27(31)20-43-29)35(40)37(34(26)39)24-9-5-3-6-10-24/h4,7-8,11-12,15-17,24,26-27,29,32,38H,3,5-6,9-10,13-14,18-20H2,1-2H3/b21-15+/t26-,27+,29-,32-/m1/s1. The number of hydrogen-bond acceptors (Lipinski definition) is 6. The zero-order valence-electron chi connectivity index (χ0n) is 24.9. The molecule has 2 aliphatic heterocycles. The number of carbonyl (C=O) groups excluding carboxylic acids is 2. The second-order valence-electron chi connectivity index (χ2n) is 12.3. The third-order valence-electron chi connectivity index (χ3n) is 9.62. The van der Waals surface area contributed by atoms with Gasteiger partial charge in [0.2, 0.25) is 11.8 Å². The molecular formula is C35H40INO6. The predicted molar refractivity (Wildman–Crippen MR) is 173 cm³/mol. The van der Waals surface area contributed by atoms with E-state index in [4.69, 9.17) is 14.2 Å². The third-order valence-corrected chi connectivity index (χ3v) is 10.4. The fourth-order valence-electron chi connectivity index (χ4n) is 7.56. The van der Waals surface area contributed by atoms with Gasteiger partial charge in [0.15, 0.2) is 11.5 Å². The molecule has 2 aliphatic carbocycles. The van der Waals surface area contributed by atoms with E-state index >= 15 is 0 Å². The van der Waals surface area contributed by atoms with Crippen LogP contribution in [-0.2, 0) is 14.3 Å². The Hall–Kier alpha value is -2.85. The third kappa shape index (κ3) is 6.10. The van der Waals surface area contributed by atoms with E-state index in [1.165, 1.54) is 17.6 Å². The highest BCUT2D eigenvalue weighted by atomic mass is 127. The molecule has 2 aromatic carbocycles. The van der Waals surface area contributed by atoms with Crippen molar-refractivity contribution in [2.75, 3.05) is 20.3 Å². The normalized spacial score (nSPS) is 26.1. The van der Waals surface area contributed by atoms with Crippen LogP contribution in [0.3, 0.4) is 0 Å². The van der Waals surface area contributed by atoms with Gasteiger partial charge in [0, 0.05) is 12.0 Å². The number of likely N-dealkylation sites (tertiary alicyclic amines) is 1. The lowest BCUT2D eigenvalue weighted by Crippen LogP contribution is -2.42. The van der Waals surface area contributed by atoms with Gasteiger partial charge in [-0.2, -0.15) is 0 Å². The average Bonchev–Trinajstić information content (AvgIpc) is 3.55. The number of fused-ring (bicyclic) bond motifs is 3. The first kappa shape index (κ1) is 30.2. The van der Waals surface area contributed by atoms with Gasteiger partial charge in [0.25, 0.3) is 0 Å². The number of methoxy groups -OCH3 is 1. The number of imide groups is 1. The minimum absolute atomic E-state index is 0.0133. The molecule has 4 aliphatic rings. The van der Waals surface area contributed by atoms with E-state index in [0.717, 1.165) is 59.0 Å². The highest BCUT2D eigenvalue weighted by molar-refractivity contribution is 14.1. The molecule has 4 atom stereocenters. The zero-order chi connectivity index (χ0) is 30.1. The van der Waals surface area contributed by atoms with Crippen LogP contribution in [0.5, 0.6) is 17.2 Å². The highest BCUT2D eigenvalue weighted by Crippen LogP contribution is 2.51. The van der Waals surface area contributed by atoms with Crippen molar-refractivity contribution in [3.63, 3.8) is 0 Å². The molecule has 1 saturated carbocycles. The van der Waals surface area contributed by atoms with Crippen molar-refractivity contribution in [3.05, 3.63) is 68.3 Å². The molecule has 2 amide bonds. The largest absolute Gasteiger partial charge is 0.504 e. The maximum Gasteiger partial charge on any atom is 0.234 e. The Morgan fingerprint density at radius 1 is 1.09 bits per heavy atom. The number of phenolic OH excluding ortho intramolecular Hbond substituents is 1. The van der Waals surface area contributed by atoms with Crippen molar-refractivity contribution >= 4 is 40.5 Å². The lowest BCUT2D eigenvalue weighted by molar-refractivity contribution is -0.143. The summed E-state index contributed by atoms with van der Waals surface area (Å²) in [5.41, 5.74) is 4.44. The van der Waals surface area contributed by atoms with E-state index < -0.39 is 0 Å². The van der Waals surface area contributed by atoms with E-state index in [1.807, 2.05) is 42.5 Å². The van der Waals surface area contributed by atoms with Gasteiger partial charge in [-0.1, -0.05) is 49.1 Å². The fourth-order valence-corrected chi connectivity index (χ4v) is 8.19. The number of ether oxygens (including phenoxy) is 3. The Balaban J connectivity index is 1.24. The summed E-state index contributed by atoms with van der Waals surface area (Å²) in [7, 11) is 1.55. The SMILES string of the molecule is COc1cc(/C=C(\C)CC[C@H]2OC[C@H]3C2=C(COc2ccccc2)C[C@H]2C(=O)N(C4CCCCC4)C(=O)[C@H]23)cc(I)c1O. The molecule has 0 bridgehead atoms. The van der Waals surface area contributed by atoms with Crippen molar-refractivity contribution in [2.45, 2.75) is 70.4 Å². The van der Waals surface area contributed by atoms with E-state index in [1.54, 1.807) is 12.0 Å². The summed E-state index contributed by atoms with van der Waals surface area (Å²) in [6.45, 7) is 2.96. The molecule has 2 heterocycles. The van der Waals surface area contributed by atoms with Gasteiger partial charge >= 0.3 is 0 Å². The Kier molecular flexibility index (Phi) is 9.14. The summed E-state index contributed by atoms with van der Waals surface area (Å²) in [6.07, 6.45) is 9.31. The molecule has 7 nitrogen and oxygen atoms in total. The van der Waals surface area contributed by atoms with E-state index in [2.05, 4.69) is 35.6 Å². The minimum Gasteiger partial charge on any atom is -0.504 e. The Morgan fingerprint density at radius 3 is 2.60 bits per heavy atom. The maximum absolute atomic E-state index is 13.9. The molecule has 43 heavy (non-hydrogen) atoms. The number of amides is 2. The number of phenols is 1. The van der Waals surface area contributed by atoms with Gasteiger partial charge in [-0.05, 0) is 103 Å². The second kappa shape index (κ2) is 13.0. The lowest BCUT2D eigenvalue weighted by atomic mass is 9.69. The molecule has 0 aromatic heterocycles. The first-order chi connectivity index (χ1) is 20.9. The van der Waals surface area contributed by atoms with Gasteiger partial charge in [-0.3, -0.25) is 14.5 Å². The first-order valence-electron chi connectivity index (χ1n) is 15.5. The molecule has 1 N–H and O–H groups in total. The molecule has 2 saturated heterocycles. The number of nitrogens with zero attached hydrogens (tertiary/aromatic N) is 1. The van der Waals surface area contributed by atoms with E-state index in [9.17, 15) is 14.7 Å². The maximum atomic E-state index is 13.9. The molecular weight excluding hydrogens is 657 g/mol. The summed E-state index contributed by atoms with van der Waals surface area (Å²) in [6, 6.07) is 13.6. The number of halogens is 1. The van der Waals surface area contributed by atoms with Crippen LogP contribution in [0, 0.1) is 21.3 Å². The fraction of sp³-hybridized carbons (Fsp3) is 0.486. The minimum atomic E-state index is -0.335. The number of allylic oxidation sites excluding steroid dienone is 1. The quantitative estimate of drug-likeness (QED) is 0.174. The predicted octanol–water partition coefficient (Wildman–Crippen LogP) is 6.92. The Morgan fingerprint density at radius 2 is 1.86 bits per heavy atom. The second-order valence-corrected chi connectivity index (χ2v) is 13.5. The summed E-state index contributed by atoms with van der Waals surface area (Å²) in [5, 5.41) is 10.2. The van der Waals surface area contributed by atoms with Crippen molar-refractivity contribution in [1.82, 2.24) is 4.90 Å². The average molecular weight is 698 g/mol. The molecule has 2 aromatic rings. The topological polar surface area (TPSA) is 85.3 Å². The summed E-state index contributed by atoms with van der Waals surface area (Å²) in [5.74, 6) is 0.680. The molecule has 228 valence electrons. The Bertz CT molecular complexity index is 1430. The van der Waals surface area contributed by atoms with E-state index in [-0.39, 0.29) is 47.5 Å². The summed E-state index contributed by atoms with van der Waals surface area (Å²) >= 11 is 2.11. The molecule has 0 radical (unpaired) electrons. The van der Waals surface area contributed by atoms with Crippen molar-refractivity contribution in [3.8, 4) is 17.2 Å². The van der Waals surface area contributed by atoms with Crippen LogP contribution in [-0.4, -0.2) is 54.3 Å². The van der Waals surface area contributed by atoms with Crippen LogP contribution in [0.1, 0.15) is 63.9 Å². The number of carbonyl (C=O) groups is 2. The lowest BCUT2D eigenvalue weighted by Gasteiger charge is -2.32. The number of aromatic hydroxyl groups is 1. The van der Waals surface area contributed by atoms with Crippen LogP contribution in [0.2, 0.25) is 0 Å². The van der Waals surface area contributed by atoms with Gasteiger partial charge < -0.3 is 19.3 Å². The van der Waals surface area contributed by atoms with Crippen molar-refractivity contribution in [2.24, 2.45) is 17.8 Å². The summed E-state index contributed by atoms with van der Waals surface area (Å²) < 4.78 is 18.8. The van der Waals surface area contributed by atoms with Crippen LogP contribution in [0.25, 0.3) is 6.08 Å². The monoisotopic (exact) mass is 697 g/mol.